The first-order chi connectivity index (χ1) is 17.8. The lowest BCUT2D eigenvalue weighted by Gasteiger charge is -2.39. The number of likely N-dealkylation sites (tertiary alicyclic amines) is 1. The second-order valence-corrected chi connectivity index (χ2v) is 10.2. The quantitative estimate of drug-likeness (QED) is 0.300. The van der Waals surface area contributed by atoms with E-state index in [1.54, 1.807) is 47.4 Å². The molecule has 0 saturated carbocycles. The fourth-order valence-electron chi connectivity index (χ4n) is 4.73. The molecule has 5 rings (SSSR count). The van der Waals surface area contributed by atoms with Gasteiger partial charge in [-0.25, -0.2) is 4.98 Å². The van der Waals surface area contributed by atoms with Crippen LogP contribution in [0.5, 0.6) is 0 Å². The maximum absolute atomic E-state index is 13.5. The molecule has 1 fully saturated rings. The van der Waals surface area contributed by atoms with E-state index in [0.717, 1.165) is 5.56 Å². The van der Waals surface area contributed by atoms with Gasteiger partial charge in [-0.2, -0.15) is 0 Å². The number of nitrogens with zero attached hydrogens (tertiary/aromatic N) is 2. The number of rotatable bonds is 5. The molecule has 188 valence electrons. The molecule has 2 amide bonds. The first kappa shape index (κ1) is 25.3. The minimum atomic E-state index is -0.828. The zero-order valence-electron chi connectivity index (χ0n) is 19.6. The molecule has 3 aromatic carbocycles. The number of carbonyl (C=O) groups is 2. The van der Waals surface area contributed by atoms with Crippen molar-refractivity contribution in [3.63, 3.8) is 0 Å². The van der Waals surface area contributed by atoms with E-state index in [1.807, 2.05) is 30.3 Å². The van der Waals surface area contributed by atoms with Crippen LogP contribution in [0.25, 0.3) is 22.6 Å². The van der Waals surface area contributed by atoms with E-state index in [0.29, 0.717) is 63.6 Å². The first-order valence-corrected chi connectivity index (χ1v) is 12.8. The Morgan fingerprint density at radius 2 is 1.54 bits per heavy atom. The summed E-state index contributed by atoms with van der Waals surface area (Å²) < 4.78 is 6.05. The molecular formula is C28H22Cl3N3O3. The molecule has 1 saturated heterocycles. The van der Waals surface area contributed by atoms with Crippen LogP contribution in [0.2, 0.25) is 15.1 Å². The third-order valence-corrected chi connectivity index (χ3v) is 7.60. The van der Waals surface area contributed by atoms with Crippen molar-refractivity contribution in [2.24, 2.45) is 5.73 Å². The van der Waals surface area contributed by atoms with E-state index in [-0.39, 0.29) is 11.8 Å². The Bertz CT molecular complexity index is 1460. The predicted octanol–water partition coefficient (Wildman–Crippen LogP) is 6.63. The molecule has 2 heterocycles. The van der Waals surface area contributed by atoms with Gasteiger partial charge in [0.05, 0.1) is 10.4 Å². The van der Waals surface area contributed by atoms with Crippen LogP contribution in [-0.4, -0.2) is 34.8 Å². The number of hydrogen-bond donors (Lipinski definition) is 1. The third-order valence-electron chi connectivity index (χ3n) is 6.81. The molecular weight excluding hydrogens is 533 g/mol. The van der Waals surface area contributed by atoms with Gasteiger partial charge >= 0.3 is 5.91 Å². The van der Waals surface area contributed by atoms with E-state index >= 15 is 0 Å². The van der Waals surface area contributed by atoms with Crippen LogP contribution in [0.15, 0.2) is 77.2 Å². The van der Waals surface area contributed by atoms with Crippen LogP contribution in [-0.2, 0) is 10.2 Å². The highest BCUT2D eigenvalue weighted by Gasteiger charge is 2.43. The predicted molar refractivity (Wildman–Crippen MR) is 145 cm³/mol. The first-order valence-electron chi connectivity index (χ1n) is 11.7. The molecule has 0 atom stereocenters. The average molecular weight is 555 g/mol. The summed E-state index contributed by atoms with van der Waals surface area (Å²) >= 11 is 18.6. The molecule has 0 aliphatic carbocycles. The highest BCUT2D eigenvalue weighted by Crippen LogP contribution is 2.39. The van der Waals surface area contributed by atoms with Gasteiger partial charge in [0, 0.05) is 34.3 Å². The van der Waals surface area contributed by atoms with E-state index in [9.17, 15) is 9.59 Å². The third kappa shape index (κ3) is 4.85. The Hall–Kier alpha value is -3.32. The summed E-state index contributed by atoms with van der Waals surface area (Å²) in [7, 11) is 0. The van der Waals surface area contributed by atoms with Crippen LogP contribution < -0.4 is 5.73 Å². The Labute approximate surface area is 228 Å². The molecule has 1 aromatic heterocycles. The van der Waals surface area contributed by atoms with Crippen LogP contribution in [0.4, 0.5) is 0 Å². The molecule has 0 radical (unpaired) electrons. The van der Waals surface area contributed by atoms with Gasteiger partial charge in [0.25, 0.3) is 5.89 Å². The van der Waals surface area contributed by atoms with Crippen molar-refractivity contribution < 1.29 is 14.0 Å². The smallest absolute Gasteiger partial charge is 0.309 e. The van der Waals surface area contributed by atoms with Crippen molar-refractivity contribution in [1.29, 1.82) is 0 Å². The largest absolute Gasteiger partial charge is 0.432 e. The van der Waals surface area contributed by atoms with Gasteiger partial charge < -0.3 is 15.1 Å². The number of carbonyl (C=O) groups excluding carboxylic acids is 2. The molecule has 0 unspecified atom stereocenters. The van der Waals surface area contributed by atoms with Gasteiger partial charge in [-0.05, 0) is 60.9 Å². The molecule has 6 nitrogen and oxygen atoms in total. The van der Waals surface area contributed by atoms with E-state index in [1.165, 1.54) is 0 Å². The zero-order chi connectivity index (χ0) is 26.2. The summed E-state index contributed by atoms with van der Waals surface area (Å²) in [6.45, 7) is 0.652. The van der Waals surface area contributed by atoms with Gasteiger partial charge in [-0.3, -0.25) is 9.59 Å². The second kappa shape index (κ2) is 10.2. The summed E-state index contributed by atoms with van der Waals surface area (Å²) in [6.07, 6.45) is 0.803. The van der Waals surface area contributed by atoms with Crippen LogP contribution in [0.1, 0.15) is 29.1 Å². The number of nitrogens with two attached hydrogens (primary N) is 1. The summed E-state index contributed by atoms with van der Waals surface area (Å²) in [5.41, 5.74) is 7.56. The maximum atomic E-state index is 13.5. The van der Waals surface area contributed by atoms with Gasteiger partial charge in [-0.1, -0.05) is 65.1 Å². The second-order valence-electron chi connectivity index (χ2n) is 8.93. The SMILES string of the molecule is NC(=O)C1(c2ccccc2)CCN(C(=O)c2nc(-c3ccc(Cl)cc3Cl)c(-c3ccc(Cl)cc3)o2)CC1. The van der Waals surface area contributed by atoms with Crippen molar-refractivity contribution in [1.82, 2.24) is 9.88 Å². The van der Waals surface area contributed by atoms with Crippen LogP contribution >= 0.6 is 34.8 Å². The number of oxazole rings is 1. The molecule has 1 aliphatic heterocycles. The van der Waals surface area contributed by atoms with Crippen LogP contribution in [0, 0.1) is 0 Å². The standard InChI is InChI=1S/C28H22Cl3N3O3/c29-19-8-6-17(7-9-19)24-23(21-11-10-20(30)16-22(21)31)33-25(37-24)26(35)34-14-12-28(13-15-34,27(32)36)18-4-2-1-3-5-18/h1-11,16H,12-15H2,(H2,32,36). The number of hydrogen-bond acceptors (Lipinski definition) is 4. The van der Waals surface area contributed by atoms with E-state index in [2.05, 4.69) is 4.98 Å². The number of aromatic nitrogens is 1. The molecule has 9 heteroatoms. The lowest BCUT2D eigenvalue weighted by atomic mass is 9.72. The maximum Gasteiger partial charge on any atom is 0.309 e. The lowest BCUT2D eigenvalue weighted by molar-refractivity contribution is -0.125. The van der Waals surface area contributed by atoms with Gasteiger partial charge in [-0.15, -0.1) is 0 Å². The van der Waals surface area contributed by atoms with Crippen molar-refractivity contribution in [3.8, 4) is 22.6 Å². The minimum Gasteiger partial charge on any atom is -0.432 e. The number of halogens is 3. The molecule has 0 bridgehead atoms. The fourth-order valence-corrected chi connectivity index (χ4v) is 5.36. The van der Waals surface area contributed by atoms with Gasteiger partial charge in [0.15, 0.2) is 5.76 Å². The van der Waals surface area contributed by atoms with Crippen molar-refractivity contribution in [2.75, 3.05) is 13.1 Å². The lowest BCUT2D eigenvalue weighted by Crippen LogP contribution is -2.51. The number of amides is 2. The summed E-state index contributed by atoms with van der Waals surface area (Å²) in [6, 6.07) is 21.5. The molecule has 2 N–H and O–H groups in total. The topological polar surface area (TPSA) is 89.4 Å². The molecule has 4 aromatic rings. The zero-order valence-corrected chi connectivity index (χ0v) is 21.9. The Morgan fingerprint density at radius 3 is 2.16 bits per heavy atom. The fraction of sp³-hybridized carbons (Fsp3) is 0.179. The molecule has 1 aliphatic rings. The Kier molecular flexibility index (Phi) is 6.99. The number of primary amides is 1. The summed E-state index contributed by atoms with van der Waals surface area (Å²) in [5, 5.41) is 1.42. The Balaban J connectivity index is 1.47. The molecule has 0 spiro atoms. The highest BCUT2D eigenvalue weighted by molar-refractivity contribution is 6.36. The number of benzene rings is 3. The molecule has 37 heavy (non-hydrogen) atoms. The number of piperidine rings is 1. The van der Waals surface area contributed by atoms with Gasteiger partial charge in [0.2, 0.25) is 5.91 Å². The monoisotopic (exact) mass is 553 g/mol. The summed E-state index contributed by atoms with van der Waals surface area (Å²) in [5.74, 6) is -0.460. The highest BCUT2D eigenvalue weighted by atomic mass is 35.5. The van der Waals surface area contributed by atoms with E-state index < -0.39 is 11.3 Å². The normalized spacial score (nSPS) is 14.9. The van der Waals surface area contributed by atoms with Gasteiger partial charge in [0.1, 0.15) is 5.69 Å². The summed E-state index contributed by atoms with van der Waals surface area (Å²) in [4.78, 5) is 32.2. The van der Waals surface area contributed by atoms with E-state index in [4.69, 9.17) is 45.0 Å². The van der Waals surface area contributed by atoms with Crippen molar-refractivity contribution in [2.45, 2.75) is 18.3 Å². The van der Waals surface area contributed by atoms with Crippen molar-refractivity contribution in [3.05, 3.63) is 99.3 Å². The van der Waals surface area contributed by atoms with Crippen molar-refractivity contribution >= 4 is 46.6 Å². The Morgan fingerprint density at radius 1 is 0.892 bits per heavy atom. The average Bonchev–Trinajstić information content (AvgIpc) is 3.34. The minimum absolute atomic E-state index is 0.0720. The van der Waals surface area contributed by atoms with Crippen LogP contribution in [0.3, 0.4) is 0 Å².